The van der Waals surface area contributed by atoms with E-state index >= 15 is 0 Å². The van der Waals surface area contributed by atoms with Gasteiger partial charge in [-0.15, -0.1) is 0 Å². The molecule has 0 saturated carbocycles. The fourth-order valence-corrected chi connectivity index (χ4v) is 1.61. The zero-order valence-electron chi connectivity index (χ0n) is 9.90. The summed E-state index contributed by atoms with van der Waals surface area (Å²) < 4.78 is 0. The molecule has 4 heteroatoms. The number of hydrogen-bond donors (Lipinski definition) is 2. The summed E-state index contributed by atoms with van der Waals surface area (Å²) in [5.74, 6) is -2.05. The molecule has 0 saturated heterocycles. The number of unbranched alkanes of at least 4 members (excludes halogenated alkanes) is 1. The first-order valence-corrected chi connectivity index (χ1v) is 5.68. The molecule has 16 heavy (non-hydrogen) atoms. The van der Waals surface area contributed by atoms with Crippen molar-refractivity contribution in [3.05, 3.63) is 11.6 Å². The van der Waals surface area contributed by atoms with Crippen LogP contribution in [0.4, 0.5) is 0 Å². The summed E-state index contributed by atoms with van der Waals surface area (Å²) >= 11 is 0. The van der Waals surface area contributed by atoms with Crippen molar-refractivity contribution in [3.63, 3.8) is 0 Å². The highest BCUT2D eigenvalue weighted by Gasteiger charge is 2.15. The molecule has 0 spiro atoms. The maximum atomic E-state index is 10.8. The minimum atomic E-state index is -1.19. The smallest absolute Gasteiger partial charge is 0.331 e. The molecule has 0 aromatic heterocycles. The molecule has 0 rings (SSSR count). The van der Waals surface area contributed by atoms with Crippen LogP contribution in [0.2, 0.25) is 0 Å². The average Bonchev–Trinajstić information content (AvgIpc) is 2.21. The topological polar surface area (TPSA) is 74.6 Å². The van der Waals surface area contributed by atoms with Crippen LogP contribution in [-0.4, -0.2) is 22.2 Å². The lowest BCUT2D eigenvalue weighted by atomic mass is 9.92. The molecule has 2 N–H and O–H groups in total. The first-order chi connectivity index (χ1) is 7.51. The van der Waals surface area contributed by atoms with Gasteiger partial charge >= 0.3 is 11.9 Å². The molecular formula is C12H20O4. The van der Waals surface area contributed by atoms with E-state index in [1.165, 1.54) is 0 Å². The third-order valence-electron chi connectivity index (χ3n) is 2.62. The maximum Gasteiger partial charge on any atom is 0.331 e. The van der Waals surface area contributed by atoms with E-state index in [9.17, 15) is 9.59 Å². The Morgan fingerprint density at radius 1 is 1.25 bits per heavy atom. The second-order valence-corrected chi connectivity index (χ2v) is 3.93. The van der Waals surface area contributed by atoms with E-state index in [1.807, 2.05) is 6.92 Å². The van der Waals surface area contributed by atoms with Gasteiger partial charge in [-0.05, 0) is 12.3 Å². The molecule has 0 radical (unpaired) electrons. The van der Waals surface area contributed by atoms with Gasteiger partial charge in [-0.25, -0.2) is 9.59 Å². The Hall–Kier alpha value is -1.32. The lowest BCUT2D eigenvalue weighted by Gasteiger charge is -2.14. The summed E-state index contributed by atoms with van der Waals surface area (Å²) in [6, 6.07) is 0. The SMILES string of the molecule is CCCCC(CC)CC(=CC(=O)O)C(=O)O. The Bertz CT molecular complexity index is 268. The highest BCUT2D eigenvalue weighted by Crippen LogP contribution is 2.21. The molecule has 0 aliphatic carbocycles. The number of aliphatic carboxylic acids is 2. The summed E-state index contributed by atoms with van der Waals surface area (Å²) in [5.41, 5.74) is -0.00421. The molecular weight excluding hydrogens is 208 g/mol. The number of rotatable bonds is 8. The Morgan fingerprint density at radius 2 is 1.88 bits per heavy atom. The predicted octanol–water partition coefficient (Wildman–Crippen LogP) is 2.69. The largest absolute Gasteiger partial charge is 0.478 e. The van der Waals surface area contributed by atoms with E-state index < -0.39 is 11.9 Å². The van der Waals surface area contributed by atoms with Crippen molar-refractivity contribution >= 4 is 11.9 Å². The molecule has 0 fully saturated rings. The molecule has 0 aromatic carbocycles. The quantitative estimate of drug-likeness (QED) is 0.626. The third kappa shape index (κ3) is 6.22. The molecule has 1 unspecified atom stereocenters. The van der Waals surface area contributed by atoms with Crippen molar-refractivity contribution in [3.8, 4) is 0 Å². The van der Waals surface area contributed by atoms with Gasteiger partial charge in [-0.1, -0.05) is 39.5 Å². The molecule has 4 nitrogen and oxygen atoms in total. The zero-order valence-corrected chi connectivity index (χ0v) is 9.90. The van der Waals surface area contributed by atoms with Crippen molar-refractivity contribution in [2.24, 2.45) is 5.92 Å². The minimum Gasteiger partial charge on any atom is -0.478 e. The summed E-state index contributed by atoms with van der Waals surface area (Å²) in [4.78, 5) is 21.3. The van der Waals surface area contributed by atoms with E-state index in [-0.39, 0.29) is 11.5 Å². The van der Waals surface area contributed by atoms with Crippen LogP contribution in [0.5, 0.6) is 0 Å². The van der Waals surface area contributed by atoms with Crippen molar-refractivity contribution < 1.29 is 19.8 Å². The second kappa shape index (κ2) is 7.91. The van der Waals surface area contributed by atoms with E-state index in [0.29, 0.717) is 6.42 Å². The van der Waals surface area contributed by atoms with Gasteiger partial charge in [-0.3, -0.25) is 0 Å². The average molecular weight is 228 g/mol. The number of carbonyl (C=O) groups is 2. The number of carboxylic acids is 2. The van der Waals surface area contributed by atoms with Gasteiger partial charge in [0.25, 0.3) is 0 Å². The van der Waals surface area contributed by atoms with Crippen LogP contribution < -0.4 is 0 Å². The Morgan fingerprint density at radius 3 is 2.25 bits per heavy atom. The molecule has 0 aromatic rings. The van der Waals surface area contributed by atoms with Gasteiger partial charge in [0.15, 0.2) is 0 Å². The molecule has 0 aliphatic rings. The summed E-state index contributed by atoms with van der Waals surface area (Å²) in [7, 11) is 0. The molecule has 0 amide bonds. The van der Waals surface area contributed by atoms with Gasteiger partial charge in [0, 0.05) is 11.6 Å². The predicted molar refractivity (Wildman–Crippen MR) is 61.3 cm³/mol. The first kappa shape index (κ1) is 14.7. The van der Waals surface area contributed by atoms with Crippen LogP contribution in [0.15, 0.2) is 11.6 Å². The van der Waals surface area contributed by atoms with Gasteiger partial charge in [0.05, 0.1) is 0 Å². The Kier molecular flexibility index (Phi) is 7.25. The highest BCUT2D eigenvalue weighted by molar-refractivity contribution is 5.94. The van der Waals surface area contributed by atoms with Crippen molar-refractivity contribution in [1.82, 2.24) is 0 Å². The maximum absolute atomic E-state index is 10.8. The monoisotopic (exact) mass is 228 g/mol. The van der Waals surface area contributed by atoms with Crippen molar-refractivity contribution in [2.45, 2.75) is 46.0 Å². The van der Waals surface area contributed by atoms with Crippen molar-refractivity contribution in [1.29, 1.82) is 0 Å². The molecule has 92 valence electrons. The standard InChI is InChI=1S/C12H20O4/c1-3-5-6-9(4-2)7-10(12(15)16)8-11(13)14/h8-9H,3-7H2,1-2H3,(H,13,14)(H,15,16). The Balaban J connectivity index is 4.47. The fraction of sp³-hybridized carbons (Fsp3) is 0.667. The summed E-state index contributed by atoms with van der Waals surface area (Å²) in [5, 5.41) is 17.4. The number of carboxylic acid groups (broad SMARTS) is 2. The van der Waals surface area contributed by atoms with Gasteiger partial charge in [0.1, 0.15) is 0 Å². The van der Waals surface area contributed by atoms with E-state index in [4.69, 9.17) is 10.2 Å². The van der Waals surface area contributed by atoms with Crippen LogP contribution >= 0.6 is 0 Å². The molecule has 0 aliphatic heterocycles. The lowest BCUT2D eigenvalue weighted by Crippen LogP contribution is -2.09. The zero-order chi connectivity index (χ0) is 12.6. The lowest BCUT2D eigenvalue weighted by molar-refractivity contribution is -0.135. The Labute approximate surface area is 96.0 Å². The summed E-state index contributed by atoms with van der Waals surface area (Å²) in [6.07, 6.45) is 5.11. The van der Waals surface area contributed by atoms with Gasteiger partial charge in [-0.2, -0.15) is 0 Å². The fourth-order valence-electron chi connectivity index (χ4n) is 1.61. The molecule has 1 atom stereocenters. The van der Waals surface area contributed by atoms with Crippen molar-refractivity contribution in [2.75, 3.05) is 0 Å². The summed E-state index contributed by atoms with van der Waals surface area (Å²) in [6.45, 7) is 4.08. The van der Waals surface area contributed by atoms with Crippen LogP contribution in [-0.2, 0) is 9.59 Å². The number of hydrogen-bond acceptors (Lipinski definition) is 2. The van der Waals surface area contributed by atoms with Crippen LogP contribution in [0, 0.1) is 5.92 Å². The van der Waals surface area contributed by atoms with E-state index in [0.717, 1.165) is 31.8 Å². The highest BCUT2D eigenvalue weighted by atomic mass is 16.4. The third-order valence-corrected chi connectivity index (χ3v) is 2.62. The van der Waals surface area contributed by atoms with Gasteiger partial charge in [0.2, 0.25) is 0 Å². The molecule has 0 heterocycles. The minimum absolute atomic E-state index is 0.00421. The molecule has 0 bridgehead atoms. The normalized spacial score (nSPS) is 13.5. The second-order valence-electron chi connectivity index (χ2n) is 3.93. The van der Waals surface area contributed by atoms with E-state index in [1.54, 1.807) is 0 Å². The van der Waals surface area contributed by atoms with Crippen LogP contribution in [0.1, 0.15) is 46.0 Å². The van der Waals surface area contributed by atoms with E-state index in [2.05, 4.69) is 6.92 Å². The van der Waals surface area contributed by atoms with Crippen LogP contribution in [0.3, 0.4) is 0 Å². The first-order valence-electron chi connectivity index (χ1n) is 5.68. The van der Waals surface area contributed by atoms with Crippen LogP contribution in [0.25, 0.3) is 0 Å². The van der Waals surface area contributed by atoms with Gasteiger partial charge < -0.3 is 10.2 Å².